The molecule has 3 aromatic rings. The first-order chi connectivity index (χ1) is 11.6. The lowest BCUT2D eigenvalue weighted by Gasteiger charge is -2.21. The number of hydrogen-bond donors (Lipinski definition) is 1. The zero-order valence-electron chi connectivity index (χ0n) is 13.9. The molecule has 0 aliphatic heterocycles. The molecule has 0 saturated heterocycles. The summed E-state index contributed by atoms with van der Waals surface area (Å²) in [5.41, 5.74) is 3.29. The highest BCUT2D eigenvalue weighted by Crippen LogP contribution is 2.26. The molecule has 0 fully saturated rings. The van der Waals surface area contributed by atoms with Crippen LogP contribution >= 0.6 is 0 Å². The van der Waals surface area contributed by atoms with Crippen LogP contribution < -0.4 is 5.32 Å². The number of amides is 1. The van der Waals surface area contributed by atoms with Crippen molar-refractivity contribution >= 4 is 11.7 Å². The van der Waals surface area contributed by atoms with Gasteiger partial charge < -0.3 is 9.88 Å². The highest BCUT2D eigenvalue weighted by molar-refractivity contribution is 5.91. The molecule has 3 rings (SSSR count). The van der Waals surface area contributed by atoms with Crippen molar-refractivity contribution in [3.8, 4) is 0 Å². The van der Waals surface area contributed by atoms with E-state index in [0.717, 1.165) is 11.1 Å². The predicted octanol–water partition coefficient (Wildman–Crippen LogP) is 4.12. The van der Waals surface area contributed by atoms with Crippen LogP contribution in [0.1, 0.15) is 29.2 Å². The predicted molar refractivity (Wildman–Crippen MR) is 96.0 cm³/mol. The third kappa shape index (κ3) is 3.54. The number of anilines is 1. The molecule has 1 N–H and O–H groups in total. The van der Waals surface area contributed by atoms with E-state index in [9.17, 15) is 4.79 Å². The quantitative estimate of drug-likeness (QED) is 0.769. The van der Waals surface area contributed by atoms with Crippen molar-refractivity contribution in [2.24, 2.45) is 0 Å². The standard InChI is InChI=1S/C20H21N3O/c1-15-8-3-4-10-17(15)18(23-12-5-6-13-23)14-19(24)22-20-16(2)9-7-11-21-20/h3-13,18H,14H2,1-2H3,(H,21,22,24)/t18-/m0/s1. The maximum absolute atomic E-state index is 12.6. The van der Waals surface area contributed by atoms with Crippen LogP contribution in [0.3, 0.4) is 0 Å². The maximum Gasteiger partial charge on any atom is 0.227 e. The molecule has 24 heavy (non-hydrogen) atoms. The Hall–Kier alpha value is -2.88. The van der Waals surface area contributed by atoms with Gasteiger partial charge in [-0.15, -0.1) is 0 Å². The summed E-state index contributed by atoms with van der Waals surface area (Å²) in [4.78, 5) is 16.8. The van der Waals surface area contributed by atoms with Gasteiger partial charge in [-0.05, 0) is 48.7 Å². The van der Waals surface area contributed by atoms with E-state index in [1.807, 2.05) is 55.7 Å². The molecule has 0 spiro atoms. The van der Waals surface area contributed by atoms with Gasteiger partial charge in [-0.3, -0.25) is 4.79 Å². The van der Waals surface area contributed by atoms with Gasteiger partial charge in [0.1, 0.15) is 5.82 Å². The second-order valence-corrected chi connectivity index (χ2v) is 5.92. The second kappa shape index (κ2) is 7.13. The summed E-state index contributed by atoms with van der Waals surface area (Å²) in [7, 11) is 0. The van der Waals surface area contributed by atoms with E-state index < -0.39 is 0 Å². The van der Waals surface area contributed by atoms with Crippen LogP contribution in [-0.2, 0) is 4.79 Å². The van der Waals surface area contributed by atoms with Crippen LogP contribution in [0, 0.1) is 13.8 Å². The van der Waals surface area contributed by atoms with Crippen LogP contribution in [0.4, 0.5) is 5.82 Å². The minimum absolute atomic E-state index is 0.0368. The fraction of sp³-hybridized carbons (Fsp3) is 0.200. The highest BCUT2D eigenvalue weighted by atomic mass is 16.1. The molecule has 4 heteroatoms. The molecule has 1 aromatic carbocycles. The van der Waals surface area contributed by atoms with Gasteiger partial charge in [0, 0.05) is 18.6 Å². The molecule has 122 valence electrons. The van der Waals surface area contributed by atoms with Crippen molar-refractivity contribution < 1.29 is 4.79 Å². The zero-order valence-corrected chi connectivity index (χ0v) is 13.9. The number of benzene rings is 1. The first-order valence-electron chi connectivity index (χ1n) is 8.04. The summed E-state index contributed by atoms with van der Waals surface area (Å²) in [6.45, 7) is 4.01. The Morgan fingerprint density at radius 2 is 1.75 bits per heavy atom. The molecular formula is C20H21N3O. The van der Waals surface area contributed by atoms with E-state index in [1.165, 1.54) is 5.56 Å². The summed E-state index contributed by atoms with van der Waals surface area (Å²) in [6.07, 6.45) is 6.04. The Kier molecular flexibility index (Phi) is 4.75. The van der Waals surface area contributed by atoms with Gasteiger partial charge >= 0.3 is 0 Å². The third-order valence-electron chi connectivity index (χ3n) is 4.18. The molecule has 4 nitrogen and oxygen atoms in total. The van der Waals surface area contributed by atoms with Gasteiger partial charge in [0.2, 0.25) is 5.91 Å². The molecule has 0 unspecified atom stereocenters. The van der Waals surface area contributed by atoms with Crippen molar-refractivity contribution in [2.75, 3.05) is 5.32 Å². The van der Waals surface area contributed by atoms with Gasteiger partial charge in [-0.25, -0.2) is 4.98 Å². The van der Waals surface area contributed by atoms with Gasteiger partial charge in [-0.2, -0.15) is 0 Å². The molecule has 0 aliphatic carbocycles. The fourth-order valence-electron chi connectivity index (χ4n) is 2.87. The Morgan fingerprint density at radius 1 is 1.04 bits per heavy atom. The molecular weight excluding hydrogens is 298 g/mol. The van der Waals surface area contributed by atoms with Crippen LogP contribution in [0.2, 0.25) is 0 Å². The Balaban J connectivity index is 1.84. The molecule has 2 aromatic heterocycles. The molecule has 0 radical (unpaired) electrons. The van der Waals surface area contributed by atoms with E-state index in [2.05, 4.69) is 33.9 Å². The van der Waals surface area contributed by atoms with Crippen molar-refractivity contribution in [3.05, 3.63) is 83.8 Å². The number of rotatable bonds is 5. The normalized spacial score (nSPS) is 11.9. The van der Waals surface area contributed by atoms with Crippen LogP contribution in [0.15, 0.2) is 67.1 Å². The van der Waals surface area contributed by atoms with Crippen molar-refractivity contribution in [1.82, 2.24) is 9.55 Å². The van der Waals surface area contributed by atoms with Crippen LogP contribution in [0.5, 0.6) is 0 Å². The summed E-state index contributed by atoms with van der Waals surface area (Å²) >= 11 is 0. The molecule has 1 amide bonds. The number of carbonyl (C=O) groups excluding carboxylic acids is 1. The smallest absolute Gasteiger partial charge is 0.227 e. The summed E-state index contributed by atoms with van der Waals surface area (Å²) in [5, 5.41) is 2.93. The lowest BCUT2D eigenvalue weighted by Crippen LogP contribution is -2.21. The fourth-order valence-corrected chi connectivity index (χ4v) is 2.87. The number of nitrogens with one attached hydrogen (secondary N) is 1. The molecule has 2 heterocycles. The van der Waals surface area contributed by atoms with Crippen molar-refractivity contribution in [3.63, 3.8) is 0 Å². The van der Waals surface area contributed by atoms with E-state index >= 15 is 0 Å². The SMILES string of the molecule is Cc1ccccc1[C@H](CC(=O)Nc1ncccc1C)n1cccc1. The maximum atomic E-state index is 12.6. The van der Waals surface area contributed by atoms with Gasteiger partial charge in [0.05, 0.1) is 12.5 Å². The van der Waals surface area contributed by atoms with Gasteiger partial charge in [-0.1, -0.05) is 30.3 Å². The van der Waals surface area contributed by atoms with E-state index in [0.29, 0.717) is 12.2 Å². The third-order valence-corrected chi connectivity index (χ3v) is 4.18. The lowest BCUT2D eigenvalue weighted by atomic mass is 9.98. The summed E-state index contributed by atoms with van der Waals surface area (Å²) < 4.78 is 2.08. The Bertz CT molecular complexity index is 824. The molecule has 0 aliphatic rings. The second-order valence-electron chi connectivity index (χ2n) is 5.92. The van der Waals surface area contributed by atoms with Gasteiger partial charge in [0.15, 0.2) is 0 Å². The summed E-state index contributed by atoms with van der Waals surface area (Å²) in [6, 6.07) is 15.9. The average Bonchev–Trinajstić information content (AvgIpc) is 3.10. The minimum atomic E-state index is -0.0428. The molecule has 0 bridgehead atoms. The van der Waals surface area contributed by atoms with Crippen LogP contribution in [0.25, 0.3) is 0 Å². The number of aryl methyl sites for hydroxylation is 2. The van der Waals surface area contributed by atoms with Crippen molar-refractivity contribution in [1.29, 1.82) is 0 Å². The Labute approximate surface area is 142 Å². The monoisotopic (exact) mass is 319 g/mol. The molecule has 1 atom stereocenters. The van der Waals surface area contributed by atoms with Crippen LogP contribution in [-0.4, -0.2) is 15.5 Å². The van der Waals surface area contributed by atoms with Gasteiger partial charge in [0.25, 0.3) is 0 Å². The number of hydrogen-bond acceptors (Lipinski definition) is 2. The first kappa shape index (κ1) is 16.0. The summed E-state index contributed by atoms with van der Waals surface area (Å²) in [5.74, 6) is 0.581. The molecule has 0 saturated carbocycles. The van der Waals surface area contributed by atoms with E-state index in [1.54, 1.807) is 6.20 Å². The van der Waals surface area contributed by atoms with E-state index in [4.69, 9.17) is 0 Å². The lowest BCUT2D eigenvalue weighted by molar-refractivity contribution is -0.116. The first-order valence-corrected chi connectivity index (χ1v) is 8.04. The number of pyridine rings is 1. The van der Waals surface area contributed by atoms with Crippen molar-refractivity contribution in [2.45, 2.75) is 26.3 Å². The van der Waals surface area contributed by atoms with E-state index in [-0.39, 0.29) is 11.9 Å². The average molecular weight is 319 g/mol. The number of nitrogens with zero attached hydrogens (tertiary/aromatic N) is 2. The number of aromatic nitrogens is 2. The zero-order chi connectivity index (χ0) is 16.9. The number of carbonyl (C=O) groups is 1. The Morgan fingerprint density at radius 3 is 2.46 bits per heavy atom. The largest absolute Gasteiger partial charge is 0.346 e. The topological polar surface area (TPSA) is 46.9 Å². The minimum Gasteiger partial charge on any atom is -0.346 e. The highest BCUT2D eigenvalue weighted by Gasteiger charge is 2.19.